The van der Waals surface area contributed by atoms with Crippen molar-refractivity contribution in [3.63, 3.8) is 0 Å². The molecule has 0 atom stereocenters. The SMILES string of the molecule is COc1cc(/C=C2\SC(=S)N(Cc3ccccc3)C2=O)cc(I)c1OCc1ccccc1C#N. The van der Waals surface area contributed by atoms with Crippen LogP contribution in [-0.2, 0) is 17.9 Å². The first kappa shape index (κ1) is 24.3. The van der Waals surface area contributed by atoms with Crippen molar-refractivity contribution in [2.24, 2.45) is 0 Å². The normalized spacial score (nSPS) is 14.4. The summed E-state index contributed by atoms with van der Waals surface area (Å²) in [5, 5.41) is 9.30. The van der Waals surface area contributed by atoms with E-state index in [4.69, 9.17) is 21.7 Å². The maximum absolute atomic E-state index is 13.0. The molecule has 1 aliphatic rings. The van der Waals surface area contributed by atoms with Gasteiger partial charge >= 0.3 is 0 Å². The highest BCUT2D eigenvalue weighted by Gasteiger charge is 2.32. The fourth-order valence-electron chi connectivity index (χ4n) is 3.42. The standard InChI is InChI=1S/C26H19IN2O3S2/c1-31-22-12-18(11-21(27)24(22)32-16-20-10-6-5-9-19(20)14-28)13-23-25(30)29(26(33)34-23)15-17-7-3-2-4-8-17/h2-13H,15-16H2,1H3/b23-13-. The maximum atomic E-state index is 13.0. The van der Waals surface area contributed by atoms with E-state index in [-0.39, 0.29) is 12.5 Å². The fraction of sp³-hybridized carbons (Fsp3) is 0.115. The molecular formula is C26H19IN2O3S2. The molecule has 8 heteroatoms. The Balaban J connectivity index is 1.55. The number of thioether (sulfide) groups is 1. The number of carbonyl (C=O) groups is 1. The summed E-state index contributed by atoms with van der Waals surface area (Å²) in [7, 11) is 1.57. The molecule has 0 aromatic heterocycles. The molecule has 1 saturated heterocycles. The van der Waals surface area contributed by atoms with E-state index in [0.717, 1.165) is 20.3 Å². The Morgan fingerprint density at radius 2 is 1.88 bits per heavy atom. The zero-order chi connectivity index (χ0) is 24.1. The highest BCUT2D eigenvalue weighted by atomic mass is 127. The minimum atomic E-state index is -0.110. The highest BCUT2D eigenvalue weighted by Crippen LogP contribution is 2.38. The molecule has 0 radical (unpaired) electrons. The Bertz CT molecular complexity index is 1320. The summed E-state index contributed by atoms with van der Waals surface area (Å²) in [4.78, 5) is 15.2. The van der Waals surface area contributed by atoms with Crippen LogP contribution >= 0.6 is 46.6 Å². The molecule has 1 fully saturated rings. The molecule has 4 rings (SSSR count). The monoisotopic (exact) mass is 598 g/mol. The van der Waals surface area contributed by atoms with E-state index < -0.39 is 0 Å². The Morgan fingerprint density at radius 3 is 2.62 bits per heavy atom. The topological polar surface area (TPSA) is 62.6 Å². The molecule has 170 valence electrons. The van der Waals surface area contributed by atoms with Gasteiger partial charge in [0.15, 0.2) is 11.5 Å². The van der Waals surface area contributed by atoms with E-state index in [1.54, 1.807) is 18.1 Å². The van der Waals surface area contributed by atoms with E-state index in [9.17, 15) is 10.1 Å². The molecule has 3 aromatic carbocycles. The lowest BCUT2D eigenvalue weighted by Gasteiger charge is -2.15. The average Bonchev–Trinajstić information content (AvgIpc) is 3.11. The Morgan fingerprint density at radius 1 is 1.15 bits per heavy atom. The van der Waals surface area contributed by atoms with Gasteiger partial charge in [-0.1, -0.05) is 72.5 Å². The predicted octanol–water partition coefficient (Wildman–Crippen LogP) is 6.15. The second kappa shape index (κ2) is 11.0. The highest BCUT2D eigenvalue weighted by molar-refractivity contribution is 14.1. The van der Waals surface area contributed by atoms with Gasteiger partial charge in [-0.25, -0.2) is 0 Å². The largest absolute Gasteiger partial charge is 0.493 e. The molecule has 0 spiro atoms. The van der Waals surface area contributed by atoms with Crippen molar-refractivity contribution in [1.82, 2.24) is 4.90 Å². The summed E-state index contributed by atoms with van der Waals surface area (Å²) in [6, 6.07) is 23.0. The lowest BCUT2D eigenvalue weighted by Crippen LogP contribution is -2.27. The number of hydrogen-bond acceptors (Lipinski definition) is 6. The van der Waals surface area contributed by atoms with Crippen LogP contribution in [0.1, 0.15) is 22.3 Å². The van der Waals surface area contributed by atoms with Crippen molar-refractivity contribution < 1.29 is 14.3 Å². The smallest absolute Gasteiger partial charge is 0.266 e. The van der Waals surface area contributed by atoms with E-state index in [0.29, 0.717) is 32.8 Å². The van der Waals surface area contributed by atoms with Gasteiger partial charge in [0.1, 0.15) is 10.9 Å². The molecule has 0 unspecified atom stereocenters. The molecular weight excluding hydrogens is 579 g/mol. The molecule has 1 amide bonds. The second-order valence-electron chi connectivity index (χ2n) is 7.35. The number of carbonyl (C=O) groups excluding carboxylic acids is 1. The number of amides is 1. The summed E-state index contributed by atoms with van der Waals surface area (Å²) >= 11 is 8.94. The van der Waals surface area contributed by atoms with Crippen molar-refractivity contribution >= 4 is 62.9 Å². The minimum absolute atomic E-state index is 0.110. The quantitative estimate of drug-likeness (QED) is 0.185. The third kappa shape index (κ3) is 5.43. The number of halogens is 1. The number of nitrogens with zero attached hydrogens (tertiary/aromatic N) is 2. The van der Waals surface area contributed by atoms with Crippen LogP contribution in [0.5, 0.6) is 11.5 Å². The van der Waals surface area contributed by atoms with Crippen LogP contribution in [0.3, 0.4) is 0 Å². The second-order valence-corrected chi connectivity index (χ2v) is 10.2. The van der Waals surface area contributed by atoms with Crippen molar-refractivity contribution in [2.45, 2.75) is 13.2 Å². The first-order valence-corrected chi connectivity index (χ1v) is 12.6. The molecule has 34 heavy (non-hydrogen) atoms. The number of nitriles is 1. The predicted molar refractivity (Wildman–Crippen MR) is 146 cm³/mol. The molecule has 5 nitrogen and oxygen atoms in total. The first-order valence-electron chi connectivity index (χ1n) is 10.3. The van der Waals surface area contributed by atoms with Gasteiger partial charge in [0.25, 0.3) is 5.91 Å². The van der Waals surface area contributed by atoms with Gasteiger partial charge in [0, 0.05) is 5.56 Å². The van der Waals surface area contributed by atoms with Gasteiger partial charge in [-0.15, -0.1) is 0 Å². The number of ether oxygens (including phenoxy) is 2. The van der Waals surface area contributed by atoms with Crippen LogP contribution in [0.15, 0.2) is 71.6 Å². The first-order chi connectivity index (χ1) is 16.5. The van der Waals surface area contributed by atoms with E-state index in [2.05, 4.69) is 28.7 Å². The van der Waals surface area contributed by atoms with Gasteiger partial charge < -0.3 is 9.47 Å². The van der Waals surface area contributed by atoms with Gasteiger partial charge in [0.2, 0.25) is 0 Å². The zero-order valence-corrected chi connectivity index (χ0v) is 21.9. The lowest BCUT2D eigenvalue weighted by atomic mass is 10.1. The summed E-state index contributed by atoms with van der Waals surface area (Å²) in [5.74, 6) is 1.03. The molecule has 3 aromatic rings. The maximum Gasteiger partial charge on any atom is 0.266 e. The number of benzene rings is 3. The van der Waals surface area contributed by atoms with Gasteiger partial charge in [-0.2, -0.15) is 5.26 Å². The number of rotatable bonds is 7. The zero-order valence-electron chi connectivity index (χ0n) is 18.2. The van der Waals surface area contributed by atoms with Crippen LogP contribution in [0, 0.1) is 14.9 Å². The Kier molecular flexibility index (Phi) is 7.88. The molecule has 0 aliphatic carbocycles. The van der Waals surface area contributed by atoms with E-state index >= 15 is 0 Å². The van der Waals surface area contributed by atoms with Crippen molar-refractivity contribution in [1.29, 1.82) is 5.26 Å². The number of thiocarbonyl (C=S) groups is 1. The molecule has 1 heterocycles. The number of hydrogen-bond donors (Lipinski definition) is 0. The molecule has 1 aliphatic heterocycles. The van der Waals surface area contributed by atoms with Gasteiger partial charge in [-0.05, 0) is 58.0 Å². The van der Waals surface area contributed by atoms with E-state index in [1.165, 1.54) is 11.8 Å². The third-order valence-corrected chi connectivity index (χ3v) is 7.30. The van der Waals surface area contributed by atoms with E-state index in [1.807, 2.05) is 66.7 Å². The Hall–Kier alpha value is -2.87. The van der Waals surface area contributed by atoms with Crippen LogP contribution in [0.4, 0.5) is 0 Å². The minimum Gasteiger partial charge on any atom is -0.493 e. The van der Waals surface area contributed by atoms with Crippen molar-refractivity contribution in [3.05, 3.63) is 97.5 Å². The van der Waals surface area contributed by atoms with Crippen LogP contribution < -0.4 is 9.47 Å². The summed E-state index contributed by atoms with van der Waals surface area (Å²) in [6.45, 7) is 0.689. The molecule has 0 bridgehead atoms. The van der Waals surface area contributed by atoms with Crippen LogP contribution in [-0.4, -0.2) is 22.2 Å². The summed E-state index contributed by atoms with van der Waals surface area (Å²) in [6.07, 6.45) is 1.82. The van der Waals surface area contributed by atoms with Crippen molar-refractivity contribution in [2.75, 3.05) is 7.11 Å². The van der Waals surface area contributed by atoms with Crippen molar-refractivity contribution in [3.8, 4) is 17.6 Å². The molecule has 0 N–H and O–H groups in total. The summed E-state index contributed by atoms with van der Waals surface area (Å²) < 4.78 is 13.0. The number of methoxy groups -OCH3 is 1. The van der Waals surface area contributed by atoms with Gasteiger partial charge in [-0.3, -0.25) is 9.69 Å². The average molecular weight is 598 g/mol. The Labute approximate surface area is 221 Å². The van der Waals surface area contributed by atoms with Gasteiger partial charge in [0.05, 0.1) is 33.8 Å². The lowest BCUT2D eigenvalue weighted by molar-refractivity contribution is -0.122. The molecule has 0 saturated carbocycles. The van der Waals surface area contributed by atoms with Crippen LogP contribution in [0.2, 0.25) is 0 Å². The third-order valence-electron chi connectivity index (χ3n) is 5.12. The fourth-order valence-corrected chi connectivity index (χ4v) is 5.46. The van der Waals surface area contributed by atoms with Crippen LogP contribution in [0.25, 0.3) is 6.08 Å². The summed E-state index contributed by atoms with van der Waals surface area (Å²) in [5.41, 5.74) is 3.21.